The lowest BCUT2D eigenvalue weighted by Crippen LogP contribution is -2.37. The molecule has 0 unspecified atom stereocenters. The number of hydrogen-bond acceptors (Lipinski definition) is 2. The first-order chi connectivity index (χ1) is 9.74. The van der Waals surface area contributed by atoms with Gasteiger partial charge in [-0.15, -0.1) is 0 Å². The molecule has 1 aromatic carbocycles. The second-order valence-corrected chi connectivity index (χ2v) is 5.81. The molecule has 20 heavy (non-hydrogen) atoms. The fourth-order valence-electron chi connectivity index (χ4n) is 2.96. The molecule has 1 heterocycles. The van der Waals surface area contributed by atoms with E-state index in [-0.39, 0.29) is 5.91 Å². The number of nitrogens with one attached hydrogen (secondary N) is 1. The maximum Gasteiger partial charge on any atom is 0.253 e. The normalized spacial score (nSPS) is 22.6. The predicted octanol–water partition coefficient (Wildman–Crippen LogP) is 3.54. The third-order valence-electron chi connectivity index (χ3n) is 4.23. The topological polar surface area (TPSA) is 42.0 Å². The van der Waals surface area contributed by atoms with Gasteiger partial charge in [0.25, 0.3) is 5.91 Å². The van der Waals surface area contributed by atoms with E-state index in [0.29, 0.717) is 11.6 Å². The number of fused-ring (bicyclic) bond motifs is 1. The third-order valence-corrected chi connectivity index (χ3v) is 4.23. The molecule has 3 nitrogen and oxygen atoms in total. The Balaban J connectivity index is 1.79. The number of benzene rings is 1. The van der Waals surface area contributed by atoms with Gasteiger partial charge < -0.3 is 5.32 Å². The fraction of sp³-hybridized carbons (Fsp3) is 0.412. The van der Waals surface area contributed by atoms with Crippen molar-refractivity contribution in [1.29, 1.82) is 0 Å². The molecule has 1 N–H and O–H groups in total. The van der Waals surface area contributed by atoms with Gasteiger partial charge in [-0.05, 0) is 43.7 Å². The largest absolute Gasteiger partial charge is 0.349 e. The number of pyridine rings is 1. The second-order valence-electron chi connectivity index (χ2n) is 5.81. The summed E-state index contributed by atoms with van der Waals surface area (Å²) in [5.41, 5.74) is 1.47. The van der Waals surface area contributed by atoms with Gasteiger partial charge in [-0.2, -0.15) is 0 Å². The molecule has 0 bridgehead atoms. The zero-order valence-electron chi connectivity index (χ0n) is 11.8. The second kappa shape index (κ2) is 5.61. The summed E-state index contributed by atoms with van der Waals surface area (Å²) in [4.78, 5) is 16.8. The zero-order valence-corrected chi connectivity index (χ0v) is 11.8. The van der Waals surface area contributed by atoms with E-state index in [1.165, 1.54) is 12.8 Å². The first-order valence-corrected chi connectivity index (χ1v) is 7.38. The molecule has 1 aliphatic rings. The van der Waals surface area contributed by atoms with Crippen LogP contribution in [0.2, 0.25) is 0 Å². The van der Waals surface area contributed by atoms with E-state index in [9.17, 15) is 4.79 Å². The van der Waals surface area contributed by atoms with Crippen LogP contribution in [-0.4, -0.2) is 16.9 Å². The molecule has 3 heteroatoms. The molecule has 1 aromatic heterocycles. The maximum absolute atomic E-state index is 12.5. The Labute approximate surface area is 119 Å². The Morgan fingerprint density at radius 2 is 1.90 bits per heavy atom. The SMILES string of the molecule is C[C@H]1CC[C@H](NC(=O)c2cccc3cccnc23)CC1. The molecule has 1 saturated carbocycles. The number of carbonyl (C=O) groups is 1. The minimum absolute atomic E-state index is 0.00820. The van der Waals surface area contributed by atoms with E-state index in [1.54, 1.807) is 6.20 Å². The summed E-state index contributed by atoms with van der Waals surface area (Å²) in [6.07, 6.45) is 6.33. The van der Waals surface area contributed by atoms with E-state index in [4.69, 9.17) is 0 Å². The lowest BCUT2D eigenvalue weighted by Gasteiger charge is -2.27. The van der Waals surface area contributed by atoms with Gasteiger partial charge in [0.05, 0.1) is 11.1 Å². The molecular formula is C17H20N2O. The highest BCUT2D eigenvalue weighted by Crippen LogP contribution is 2.24. The van der Waals surface area contributed by atoms with Crippen LogP contribution in [0.25, 0.3) is 10.9 Å². The molecule has 1 fully saturated rings. The Kier molecular flexibility index (Phi) is 3.68. The molecule has 2 aromatic rings. The van der Waals surface area contributed by atoms with Gasteiger partial charge in [0.1, 0.15) is 0 Å². The van der Waals surface area contributed by atoms with Gasteiger partial charge in [0, 0.05) is 17.6 Å². The molecule has 1 amide bonds. The Morgan fingerprint density at radius 3 is 2.70 bits per heavy atom. The summed E-state index contributed by atoms with van der Waals surface area (Å²) in [7, 11) is 0. The van der Waals surface area contributed by atoms with Crippen LogP contribution < -0.4 is 5.32 Å². The average Bonchev–Trinajstić information content (AvgIpc) is 2.49. The Bertz CT molecular complexity index is 610. The van der Waals surface area contributed by atoms with Crippen molar-refractivity contribution in [2.45, 2.75) is 38.6 Å². The molecule has 0 aliphatic heterocycles. The van der Waals surface area contributed by atoms with Crippen LogP contribution in [0.1, 0.15) is 43.0 Å². The highest BCUT2D eigenvalue weighted by Gasteiger charge is 2.21. The van der Waals surface area contributed by atoms with Crippen molar-refractivity contribution in [3.8, 4) is 0 Å². The van der Waals surface area contributed by atoms with Crippen molar-refractivity contribution in [3.63, 3.8) is 0 Å². The van der Waals surface area contributed by atoms with E-state index in [0.717, 1.165) is 29.7 Å². The number of rotatable bonds is 2. The minimum atomic E-state index is 0.00820. The number of para-hydroxylation sites is 1. The van der Waals surface area contributed by atoms with Gasteiger partial charge in [-0.25, -0.2) is 0 Å². The zero-order chi connectivity index (χ0) is 13.9. The van der Waals surface area contributed by atoms with E-state index in [1.807, 2.05) is 30.3 Å². The lowest BCUT2D eigenvalue weighted by molar-refractivity contribution is 0.0924. The molecule has 0 radical (unpaired) electrons. The molecule has 0 spiro atoms. The predicted molar refractivity (Wildman–Crippen MR) is 80.6 cm³/mol. The van der Waals surface area contributed by atoms with Crippen LogP contribution in [0.4, 0.5) is 0 Å². The molecule has 1 aliphatic carbocycles. The van der Waals surface area contributed by atoms with Crippen molar-refractivity contribution < 1.29 is 4.79 Å². The molecule has 3 rings (SSSR count). The van der Waals surface area contributed by atoms with Crippen molar-refractivity contribution in [3.05, 3.63) is 42.1 Å². The smallest absolute Gasteiger partial charge is 0.253 e. The fourth-order valence-corrected chi connectivity index (χ4v) is 2.96. The van der Waals surface area contributed by atoms with Gasteiger partial charge in [0.2, 0.25) is 0 Å². The van der Waals surface area contributed by atoms with Gasteiger partial charge in [-0.1, -0.05) is 25.1 Å². The summed E-state index contributed by atoms with van der Waals surface area (Å²) >= 11 is 0. The van der Waals surface area contributed by atoms with Crippen LogP contribution in [0.5, 0.6) is 0 Å². The van der Waals surface area contributed by atoms with Gasteiger partial charge >= 0.3 is 0 Å². The first kappa shape index (κ1) is 13.1. The molecule has 104 valence electrons. The van der Waals surface area contributed by atoms with Crippen LogP contribution in [0, 0.1) is 5.92 Å². The average molecular weight is 268 g/mol. The molecule has 0 saturated heterocycles. The summed E-state index contributed by atoms with van der Waals surface area (Å²) < 4.78 is 0. The first-order valence-electron chi connectivity index (χ1n) is 7.38. The number of amides is 1. The number of hydrogen-bond donors (Lipinski definition) is 1. The van der Waals surface area contributed by atoms with Crippen molar-refractivity contribution in [2.24, 2.45) is 5.92 Å². The van der Waals surface area contributed by atoms with Gasteiger partial charge in [0.15, 0.2) is 0 Å². The summed E-state index contributed by atoms with van der Waals surface area (Å²) in [6, 6.07) is 9.96. The number of carbonyl (C=O) groups excluding carboxylic acids is 1. The lowest BCUT2D eigenvalue weighted by atomic mass is 9.87. The number of nitrogens with zero attached hydrogens (tertiary/aromatic N) is 1. The van der Waals surface area contributed by atoms with E-state index in [2.05, 4.69) is 17.2 Å². The highest BCUT2D eigenvalue weighted by atomic mass is 16.1. The van der Waals surface area contributed by atoms with Crippen LogP contribution in [-0.2, 0) is 0 Å². The third kappa shape index (κ3) is 2.67. The molecular weight excluding hydrogens is 248 g/mol. The van der Waals surface area contributed by atoms with E-state index < -0.39 is 0 Å². The molecule has 0 atom stereocenters. The summed E-state index contributed by atoms with van der Waals surface area (Å²) in [6.45, 7) is 2.28. The van der Waals surface area contributed by atoms with Crippen molar-refractivity contribution in [1.82, 2.24) is 10.3 Å². The standard InChI is InChI=1S/C17H20N2O/c1-12-7-9-14(10-8-12)19-17(20)15-6-2-4-13-5-3-11-18-16(13)15/h2-6,11-12,14H,7-10H2,1H3,(H,19,20)/t12-,14-. The minimum Gasteiger partial charge on any atom is -0.349 e. The van der Waals surface area contributed by atoms with E-state index >= 15 is 0 Å². The highest BCUT2D eigenvalue weighted by molar-refractivity contribution is 6.05. The Hall–Kier alpha value is -1.90. The quantitative estimate of drug-likeness (QED) is 0.905. The summed E-state index contributed by atoms with van der Waals surface area (Å²) in [5.74, 6) is 0.802. The monoisotopic (exact) mass is 268 g/mol. The van der Waals surface area contributed by atoms with Gasteiger partial charge in [-0.3, -0.25) is 9.78 Å². The summed E-state index contributed by atoms with van der Waals surface area (Å²) in [5, 5.41) is 4.18. The maximum atomic E-state index is 12.5. The van der Waals surface area contributed by atoms with Crippen molar-refractivity contribution in [2.75, 3.05) is 0 Å². The van der Waals surface area contributed by atoms with Crippen LogP contribution in [0.3, 0.4) is 0 Å². The van der Waals surface area contributed by atoms with Crippen molar-refractivity contribution >= 4 is 16.8 Å². The number of aromatic nitrogens is 1. The van der Waals surface area contributed by atoms with Crippen LogP contribution in [0.15, 0.2) is 36.5 Å². The Morgan fingerprint density at radius 1 is 1.15 bits per heavy atom. The van der Waals surface area contributed by atoms with Crippen LogP contribution >= 0.6 is 0 Å².